The lowest BCUT2D eigenvalue weighted by molar-refractivity contribution is 0.108. The number of methoxy groups -OCH3 is 1. The molecular formula is C24H23N5O3S. The van der Waals surface area contributed by atoms with Crippen LogP contribution in [0.15, 0.2) is 46.7 Å². The first kappa shape index (κ1) is 20.2. The number of rotatable bonds is 4. The summed E-state index contributed by atoms with van der Waals surface area (Å²) in [5, 5.41) is 18.4. The molecule has 0 unspecified atom stereocenters. The van der Waals surface area contributed by atoms with Crippen LogP contribution in [0.5, 0.6) is 5.88 Å². The third-order valence-corrected chi connectivity index (χ3v) is 7.38. The summed E-state index contributed by atoms with van der Waals surface area (Å²) in [6, 6.07) is 4.24. The summed E-state index contributed by atoms with van der Waals surface area (Å²) in [5.41, 5.74) is 9.61. The number of nitrogens with zero attached hydrogens (tertiary/aromatic N) is 4. The lowest BCUT2D eigenvalue weighted by atomic mass is 9.93. The van der Waals surface area contributed by atoms with Crippen LogP contribution < -0.4 is 10.5 Å². The van der Waals surface area contributed by atoms with Gasteiger partial charge in [0.15, 0.2) is 11.4 Å². The fourth-order valence-corrected chi connectivity index (χ4v) is 5.52. The Hall–Kier alpha value is -3.43. The summed E-state index contributed by atoms with van der Waals surface area (Å²) < 4.78 is 14.6. The van der Waals surface area contributed by atoms with E-state index in [0.717, 1.165) is 63.6 Å². The van der Waals surface area contributed by atoms with E-state index in [4.69, 9.17) is 14.9 Å². The second-order valence-corrected chi connectivity index (χ2v) is 9.37. The highest BCUT2D eigenvalue weighted by Crippen LogP contribution is 2.41. The molecule has 1 saturated carbocycles. The van der Waals surface area contributed by atoms with Crippen molar-refractivity contribution in [1.29, 1.82) is 0 Å². The minimum Gasteiger partial charge on any atom is -0.481 e. The molecular weight excluding hydrogens is 438 g/mol. The van der Waals surface area contributed by atoms with Gasteiger partial charge in [-0.3, -0.25) is 4.68 Å². The van der Waals surface area contributed by atoms with Gasteiger partial charge in [0.05, 0.1) is 30.2 Å². The molecule has 5 aromatic rings. The molecule has 0 spiro atoms. The van der Waals surface area contributed by atoms with Crippen molar-refractivity contribution in [1.82, 2.24) is 19.7 Å². The maximum Gasteiger partial charge on any atom is 0.213 e. The van der Waals surface area contributed by atoms with Crippen molar-refractivity contribution in [2.75, 3.05) is 12.8 Å². The van der Waals surface area contributed by atoms with Crippen LogP contribution in [0.1, 0.15) is 31.7 Å². The summed E-state index contributed by atoms with van der Waals surface area (Å²) in [6.45, 7) is 0. The largest absolute Gasteiger partial charge is 0.481 e. The van der Waals surface area contributed by atoms with Gasteiger partial charge in [-0.25, -0.2) is 9.97 Å². The minimum absolute atomic E-state index is 0.189. The van der Waals surface area contributed by atoms with E-state index in [1.807, 2.05) is 29.2 Å². The van der Waals surface area contributed by atoms with Crippen LogP contribution >= 0.6 is 11.3 Å². The Morgan fingerprint density at radius 3 is 2.76 bits per heavy atom. The highest BCUT2D eigenvalue weighted by Gasteiger charge is 2.23. The summed E-state index contributed by atoms with van der Waals surface area (Å²) in [7, 11) is 1.61. The van der Waals surface area contributed by atoms with E-state index < -0.39 is 0 Å². The van der Waals surface area contributed by atoms with Crippen molar-refractivity contribution in [3.05, 3.63) is 42.3 Å². The molecule has 168 valence electrons. The van der Waals surface area contributed by atoms with E-state index in [9.17, 15) is 5.11 Å². The number of aliphatic hydroxyl groups is 1. The number of fused-ring (bicyclic) bond motifs is 2. The maximum atomic E-state index is 9.81. The Morgan fingerprint density at radius 2 is 1.94 bits per heavy atom. The number of thiophene rings is 1. The average molecular weight is 462 g/mol. The molecule has 0 aromatic carbocycles. The summed E-state index contributed by atoms with van der Waals surface area (Å²) in [4.78, 5) is 8.68. The molecule has 1 aliphatic carbocycles. The number of nitrogens with two attached hydrogens (primary N) is 1. The van der Waals surface area contributed by atoms with Crippen LogP contribution in [0.25, 0.3) is 43.5 Å². The SMILES string of the molecule is COc1cc2c(-c3cc4c(-c5cnn([C@H]6CC[C@H](O)CC6)c5)cnc(N)c4o3)csc2cn1. The van der Waals surface area contributed by atoms with Gasteiger partial charge < -0.3 is 20.0 Å². The van der Waals surface area contributed by atoms with E-state index in [2.05, 4.69) is 26.6 Å². The number of pyridine rings is 2. The fraction of sp³-hybridized carbons (Fsp3) is 0.292. The Bertz CT molecular complexity index is 1460. The van der Waals surface area contributed by atoms with Crippen LogP contribution in [0.4, 0.5) is 5.82 Å². The molecule has 5 heterocycles. The first-order chi connectivity index (χ1) is 16.1. The van der Waals surface area contributed by atoms with Crippen molar-refractivity contribution in [3.63, 3.8) is 0 Å². The number of furan rings is 1. The van der Waals surface area contributed by atoms with Crippen LogP contribution in [-0.2, 0) is 0 Å². The van der Waals surface area contributed by atoms with E-state index >= 15 is 0 Å². The van der Waals surface area contributed by atoms with Crippen molar-refractivity contribution < 1.29 is 14.3 Å². The second-order valence-electron chi connectivity index (χ2n) is 8.45. The Balaban J connectivity index is 1.43. The summed E-state index contributed by atoms with van der Waals surface area (Å²) in [6.07, 6.45) is 10.8. The molecule has 5 aromatic heterocycles. The first-order valence-electron chi connectivity index (χ1n) is 10.9. The molecule has 33 heavy (non-hydrogen) atoms. The molecule has 1 aliphatic rings. The quantitative estimate of drug-likeness (QED) is 0.386. The topological polar surface area (TPSA) is 112 Å². The zero-order chi connectivity index (χ0) is 22.5. The van der Waals surface area contributed by atoms with Crippen molar-refractivity contribution in [2.24, 2.45) is 0 Å². The van der Waals surface area contributed by atoms with Crippen molar-refractivity contribution in [3.8, 4) is 28.3 Å². The lowest BCUT2D eigenvalue weighted by Crippen LogP contribution is -2.21. The van der Waals surface area contributed by atoms with E-state index in [-0.39, 0.29) is 6.10 Å². The summed E-state index contributed by atoms with van der Waals surface area (Å²) >= 11 is 1.61. The molecule has 0 atom stereocenters. The zero-order valence-corrected chi connectivity index (χ0v) is 18.9. The predicted octanol–water partition coefficient (Wildman–Crippen LogP) is 5.03. The van der Waals surface area contributed by atoms with Crippen LogP contribution in [-0.4, -0.2) is 38.1 Å². The number of aromatic nitrogens is 4. The van der Waals surface area contributed by atoms with Gasteiger partial charge in [-0.15, -0.1) is 11.3 Å². The molecule has 0 radical (unpaired) electrons. The normalized spacial score (nSPS) is 18.8. The van der Waals surface area contributed by atoms with Crippen LogP contribution in [0, 0.1) is 0 Å². The number of anilines is 1. The van der Waals surface area contributed by atoms with E-state index in [1.54, 1.807) is 24.6 Å². The van der Waals surface area contributed by atoms with Gasteiger partial charge in [-0.2, -0.15) is 5.10 Å². The smallest absolute Gasteiger partial charge is 0.213 e. The monoisotopic (exact) mass is 461 g/mol. The van der Waals surface area contributed by atoms with Crippen LogP contribution in [0.2, 0.25) is 0 Å². The Labute approximate surface area is 193 Å². The number of ether oxygens (including phenoxy) is 1. The van der Waals surface area contributed by atoms with Gasteiger partial charge in [0.1, 0.15) is 5.76 Å². The minimum atomic E-state index is -0.189. The molecule has 0 bridgehead atoms. The molecule has 9 heteroatoms. The molecule has 6 rings (SSSR count). The zero-order valence-electron chi connectivity index (χ0n) is 18.1. The highest BCUT2D eigenvalue weighted by molar-refractivity contribution is 7.17. The first-order valence-corrected chi connectivity index (χ1v) is 11.8. The van der Waals surface area contributed by atoms with Gasteiger partial charge in [-0.05, 0) is 31.7 Å². The van der Waals surface area contributed by atoms with Gasteiger partial charge in [0.25, 0.3) is 0 Å². The van der Waals surface area contributed by atoms with Gasteiger partial charge in [0.2, 0.25) is 5.88 Å². The molecule has 0 saturated heterocycles. The van der Waals surface area contributed by atoms with Crippen LogP contribution in [0.3, 0.4) is 0 Å². The average Bonchev–Trinajstić information content (AvgIpc) is 3.57. The predicted molar refractivity (Wildman–Crippen MR) is 128 cm³/mol. The number of nitrogen functional groups attached to an aromatic ring is 1. The highest BCUT2D eigenvalue weighted by atomic mass is 32.1. The third-order valence-electron chi connectivity index (χ3n) is 6.45. The maximum absolute atomic E-state index is 9.81. The fourth-order valence-electron chi connectivity index (χ4n) is 4.62. The standard InChI is InChI=1S/C24H23N5O3S/c1-31-22-7-16-19(12-33-21(16)10-26-22)20-6-17-18(9-27-24(25)23(17)32-20)13-8-28-29(11-13)14-2-4-15(30)5-3-14/h6-12,14-15,30H,2-5H2,1H3,(H2,25,27)/t14-,15-. The van der Waals surface area contributed by atoms with Gasteiger partial charge >= 0.3 is 0 Å². The molecule has 3 N–H and O–H groups in total. The number of hydrogen-bond donors (Lipinski definition) is 2. The number of aliphatic hydroxyl groups excluding tert-OH is 1. The molecule has 1 fully saturated rings. The number of hydrogen-bond acceptors (Lipinski definition) is 8. The molecule has 8 nitrogen and oxygen atoms in total. The summed E-state index contributed by atoms with van der Waals surface area (Å²) in [5.74, 6) is 1.63. The van der Waals surface area contributed by atoms with Gasteiger partial charge in [0, 0.05) is 57.5 Å². The Morgan fingerprint density at radius 1 is 1.09 bits per heavy atom. The molecule has 0 amide bonds. The Kier molecular flexibility index (Phi) is 4.81. The molecule has 0 aliphatic heterocycles. The van der Waals surface area contributed by atoms with Crippen molar-refractivity contribution >= 4 is 38.2 Å². The van der Waals surface area contributed by atoms with Crippen molar-refractivity contribution in [2.45, 2.75) is 37.8 Å². The lowest BCUT2D eigenvalue weighted by Gasteiger charge is -2.25. The third kappa shape index (κ3) is 3.44. The van der Waals surface area contributed by atoms with E-state index in [0.29, 0.717) is 23.3 Å². The van der Waals surface area contributed by atoms with Gasteiger partial charge in [-0.1, -0.05) is 0 Å². The second kappa shape index (κ2) is 7.86. The van der Waals surface area contributed by atoms with E-state index in [1.165, 1.54) is 0 Å².